The highest BCUT2D eigenvalue weighted by molar-refractivity contribution is 7.99. The van der Waals surface area contributed by atoms with Crippen LogP contribution in [-0.4, -0.2) is 46.1 Å². The van der Waals surface area contributed by atoms with Crippen molar-refractivity contribution in [3.8, 4) is 6.07 Å². The van der Waals surface area contributed by atoms with Gasteiger partial charge >= 0.3 is 5.97 Å². The molecule has 0 unspecified atom stereocenters. The number of hydrogen-bond acceptors (Lipinski definition) is 9. The minimum absolute atomic E-state index is 0.0544. The number of hydrogen-bond donors (Lipinski definition) is 1. The lowest BCUT2D eigenvalue weighted by Gasteiger charge is -2.07. The SMILES string of the molecule is C=CCn1c(COC)nnc1SCC(=O)Nc1sc(C(=O)OCC)c(C)c1C#N. The minimum atomic E-state index is -0.510. The lowest BCUT2D eigenvalue weighted by atomic mass is 10.2. The fourth-order valence-electron chi connectivity index (χ4n) is 2.39. The van der Waals surface area contributed by atoms with Gasteiger partial charge in [-0.25, -0.2) is 4.79 Å². The topological polar surface area (TPSA) is 119 Å². The lowest BCUT2D eigenvalue weighted by Crippen LogP contribution is -2.14. The number of aromatic nitrogens is 3. The molecule has 2 aromatic heterocycles. The molecule has 0 aromatic carbocycles. The van der Waals surface area contributed by atoms with E-state index < -0.39 is 5.97 Å². The first kappa shape index (κ1) is 22.6. The number of allylic oxidation sites excluding steroid dienone is 1. The number of nitriles is 1. The van der Waals surface area contributed by atoms with Crippen molar-refractivity contribution in [2.45, 2.75) is 32.2 Å². The summed E-state index contributed by atoms with van der Waals surface area (Å²) in [5.74, 6) is -0.150. The van der Waals surface area contributed by atoms with Gasteiger partial charge < -0.3 is 19.4 Å². The molecule has 1 amide bonds. The highest BCUT2D eigenvalue weighted by Gasteiger charge is 2.22. The largest absolute Gasteiger partial charge is 0.462 e. The second-order valence-corrected chi connectivity index (χ2v) is 7.62. The molecule has 9 nitrogen and oxygen atoms in total. The molecule has 0 aliphatic heterocycles. The Morgan fingerprint density at radius 2 is 2.21 bits per heavy atom. The zero-order valence-electron chi connectivity index (χ0n) is 16.4. The van der Waals surface area contributed by atoms with Crippen LogP contribution in [0.3, 0.4) is 0 Å². The third kappa shape index (κ3) is 5.44. The summed E-state index contributed by atoms with van der Waals surface area (Å²) in [4.78, 5) is 24.7. The Balaban J connectivity index is 2.10. The number of esters is 1. The van der Waals surface area contributed by atoms with Crippen molar-refractivity contribution in [1.82, 2.24) is 14.8 Å². The first-order valence-corrected chi connectivity index (χ1v) is 10.4. The summed E-state index contributed by atoms with van der Waals surface area (Å²) in [6.07, 6.45) is 1.71. The molecule has 0 spiro atoms. The van der Waals surface area contributed by atoms with Crippen LogP contribution in [0.2, 0.25) is 0 Å². The lowest BCUT2D eigenvalue weighted by molar-refractivity contribution is -0.113. The van der Waals surface area contributed by atoms with Crippen molar-refractivity contribution >= 4 is 40.0 Å². The Bertz CT molecular complexity index is 945. The zero-order valence-corrected chi connectivity index (χ0v) is 18.0. The molecule has 0 aliphatic carbocycles. The highest BCUT2D eigenvalue weighted by atomic mass is 32.2. The third-order valence-electron chi connectivity index (χ3n) is 3.68. The number of nitrogens with one attached hydrogen (secondary N) is 1. The first-order valence-electron chi connectivity index (χ1n) is 8.61. The van der Waals surface area contributed by atoms with Gasteiger partial charge in [0, 0.05) is 13.7 Å². The van der Waals surface area contributed by atoms with Gasteiger partial charge in [-0.05, 0) is 19.4 Å². The van der Waals surface area contributed by atoms with Crippen LogP contribution in [0.25, 0.3) is 0 Å². The number of thioether (sulfide) groups is 1. The highest BCUT2D eigenvalue weighted by Crippen LogP contribution is 2.33. The van der Waals surface area contributed by atoms with E-state index in [1.54, 1.807) is 27.0 Å². The van der Waals surface area contributed by atoms with Crippen LogP contribution < -0.4 is 5.32 Å². The summed E-state index contributed by atoms with van der Waals surface area (Å²) in [6, 6.07) is 2.03. The Morgan fingerprint density at radius 3 is 2.83 bits per heavy atom. The van der Waals surface area contributed by atoms with Crippen LogP contribution in [0.4, 0.5) is 5.00 Å². The Labute approximate surface area is 176 Å². The molecule has 154 valence electrons. The number of carbonyl (C=O) groups excluding carboxylic acids is 2. The summed E-state index contributed by atoms with van der Waals surface area (Å²) in [6.45, 7) is 8.08. The molecule has 0 bridgehead atoms. The predicted molar refractivity (Wildman–Crippen MR) is 110 cm³/mol. The van der Waals surface area contributed by atoms with E-state index >= 15 is 0 Å². The fraction of sp³-hybridized carbons (Fsp3) is 0.389. The third-order valence-corrected chi connectivity index (χ3v) is 5.84. The minimum Gasteiger partial charge on any atom is -0.462 e. The number of amides is 1. The fourth-order valence-corrected chi connectivity index (χ4v) is 4.23. The average molecular weight is 436 g/mol. The van der Waals surface area contributed by atoms with E-state index in [-0.39, 0.29) is 23.8 Å². The standard InChI is InChI=1S/C18H21N5O4S2/c1-5-7-23-13(9-26-4)21-22-18(23)28-10-14(24)20-16-12(8-19)11(3)15(29-16)17(25)27-6-2/h5H,1,6-7,9-10H2,2-4H3,(H,20,24). The van der Waals surface area contributed by atoms with Crippen molar-refractivity contribution in [2.24, 2.45) is 0 Å². The summed E-state index contributed by atoms with van der Waals surface area (Å²) >= 11 is 2.23. The van der Waals surface area contributed by atoms with E-state index in [2.05, 4.69) is 22.1 Å². The van der Waals surface area contributed by atoms with Gasteiger partial charge in [-0.15, -0.1) is 28.1 Å². The molecule has 0 fully saturated rings. The number of rotatable bonds is 10. The van der Waals surface area contributed by atoms with Crippen LogP contribution in [0.15, 0.2) is 17.8 Å². The number of anilines is 1. The maximum Gasteiger partial charge on any atom is 0.348 e. The van der Waals surface area contributed by atoms with Crippen LogP contribution >= 0.6 is 23.1 Å². The molecular weight excluding hydrogens is 414 g/mol. The summed E-state index contributed by atoms with van der Waals surface area (Å²) < 4.78 is 11.9. The van der Waals surface area contributed by atoms with E-state index in [0.29, 0.717) is 39.6 Å². The van der Waals surface area contributed by atoms with E-state index in [1.165, 1.54) is 11.8 Å². The van der Waals surface area contributed by atoms with Gasteiger partial charge in [0.25, 0.3) is 0 Å². The summed E-state index contributed by atoms with van der Waals surface area (Å²) in [5, 5.41) is 21.1. The number of thiophene rings is 1. The van der Waals surface area contributed by atoms with Gasteiger partial charge in [-0.1, -0.05) is 17.8 Å². The molecule has 29 heavy (non-hydrogen) atoms. The summed E-state index contributed by atoms with van der Waals surface area (Å²) in [7, 11) is 1.56. The van der Waals surface area contributed by atoms with Crippen molar-refractivity contribution in [2.75, 3.05) is 24.8 Å². The molecular formula is C18H21N5O4S2. The molecule has 11 heteroatoms. The van der Waals surface area contributed by atoms with Crippen molar-refractivity contribution in [3.05, 3.63) is 34.5 Å². The van der Waals surface area contributed by atoms with Crippen LogP contribution in [-0.2, 0) is 27.4 Å². The van der Waals surface area contributed by atoms with Crippen molar-refractivity contribution in [1.29, 1.82) is 5.26 Å². The Kier molecular flexibility index (Phi) is 8.38. The van der Waals surface area contributed by atoms with Gasteiger partial charge in [-0.2, -0.15) is 5.26 Å². The Morgan fingerprint density at radius 1 is 1.45 bits per heavy atom. The molecule has 2 aromatic rings. The monoisotopic (exact) mass is 435 g/mol. The number of nitrogens with zero attached hydrogens (tertiary/aromatic N) is 4. The predicted octanol–water partition coefficient (Wildman–Crippen LogP) is 2.76. The molecule has 0 saturated carbocycles. The normalized spacial score (nSPS) is 10.4. The molecule has 1 N–H and O–H groups in total. The second-order valence-electron chi connectivity index (χ2n) is 5.66. The van der Waals surface area contributed by atoms with Crippen molar-refractivity contribution in [3.63, 3.8) is 0 Å². The van der Waals surface area contributed by atoms with Gasteiger partial charge in [0.05, 0.1) is 17.9 Å². The van der Waals surface area contributed by atoms with Gasteiger partial charge in [-0.3, -0.25) is 4.79 Å². The van der Waals surface area contributed by atoms with E-state index in [1.807, 2.05) is 10.6 Å². The van der Waals surface area contributed by atoms with E-state index in [4.69, 9.17) is 9.47 Å². The van der Waals surface area contributed by atoms with Crippen molar-refractivity contribution < 1.29 is 19.1 Å². The van der Waals surface area contributed by atoms with Crippen LogP contribution in [0.5, 0.6) is 0 Å². The molecule has 2 heterocycles. The number of carbonyl (C=O) groups is 2. The first-order chi connectivity index (χ1) is 14.0. The molecule has 0 aliphatic rings. The van der Waals surface area contributed by atoms with Gasteiger partial charge in [0.1, 0.15) is 22.6 Å². The van der Waals surface area contributed by atoms with Crippen LogP contribution in [0, 0.1) is 18.3 Å². The van der Waals surface area contributed by atoms with E-state index in [0.717, 1.165) is 11.3 Å². The summed E-state index contributed by atoms with van der Waals surface area (Å²) in [5.41, 5.74) is 0.752. The van der Waals surface area contributed by atoms with E-state index in [9.17, 15) is 14.9 Å². The number of ether oxygens (including phenoxy) is 2. The molecule has 0 saturated heterocycles. The quantitative estimate of drug-likeness (QED) is 0.344. The smallest absolute Gasteiger partial charge is 0.348 e. The van der Waals surface area contributed by atoms with Gasteiger partial charge in [0.15, 0.2) is 11.0 Å². The average Bonchev–Trinajstić information content (AvgIpc) is 3.21. The zero-order chi connectivity index (χ0) is 21.4. The van der Waals surface area contributed by atoms with Crippen LogP contribution in [0.1, 0.15) is 33.5 Å². The molecule has 2 rings (SSSR count). The van der Waals surface area contributed by atoms with Gasteiger partial charge in [0.2, 0.25) is 5.91 Å². The molecule has 0 atom stereocenters. The number of methoxy groups -OCH3 is 1. The maximum atomic E-state index is 12.4. The molecule has 0 radical (unpaired) electrons. The maximum absolute atomic E-state index is 12.4. The Hall–Kier alpha value is -2.68. The second kappa shape index (κ2) is 10.8.